The summed E-state index contributed by atoms with van der Waals surface area (Å²) < 4.78 is 7.35. The highest BCUT2D eigenvalue weighted by molar-refractivity contribution is 6.11. The Kier molecular flexibility index (Phi) is 3.89. The molecule has 3 aromatic rings. The van der Waals surface area contributed by atoms with Crippen molar-refractivity contribution >= 4 is 28.4 Å². The molecule has 0 spiro atoms. The van der Waals surface area contributed by atoms with Gasteiger partial charge in [0.15, 0.2) is 11.5 Å². The SMILES string of the molecule is COc1cc([C@H]2C3=C(CN(C(C)=O)C3=O)Nc3cccc4c3c2cn4C)ccc1O. The Bertz CT molecular complexity index is 1270. The summed E-state index contributed by atoms with van der Waals surface area (Å²) in [6.07, 6.45) is 2.03. The number of hydrogen-bond acceptors (Lipinski definition) is 5. The fraction of sp³-hybridized carbons (Fsp3) is 0.217. The summed E-state index contributed by atoms with van der Waals surface area (Å²) in [4.78, 5) is 26.7. The normalized spacial score (nSPS) is 17.8. The maximum absolute atomic E-state index is 13.3. The molecule has 0 aliphatic carbocycles. The van der Waals surface area contributed by atoms with Crippen molar-refractivity contribution in [2.24, 2.45) is 7.05 Å². The standard InChI is InChI=1S/C23H21N3O4/c1-12(27)26-11-16-22(23(26)29)20(13-7-8-18(28)19(9-13)30-3)14-10-25(2)17-6-4-5-15(24-16)21(14)17/h4-10,20,24,28H,11H2,1-3H3/t20-/m1/s1. The first-order valence-electron chi connectivity index (χ1n) is 9.68. The number of nitrogens with zero attached hydrogens (tertiary/aromatic N) is 2. The van der Waals surface area contributed by atoms with Crippen molar-refractivity contribution < 1.29 is 19.4 Å². The number of aromatic nitrogens is 1. The highest BCUT2D eigenvalue weighted by Crippen LogP contribution is 2.47. The number of rotatable bonds is 2. The molecule has 7 heteroatoms. The van der Waals surface area contributed by atoms with E-state index in [0.717, 1.165) is 33.4 Å². The molecule has 152 valence electrons. The molecular formula is C23H21N3O4. The Morgan fingerprint density at radius 1 is 1.27 bits per heavy atom. The second-order valence-corrected chi connectivity index (χ2v) is 7.69. The van der Waals surface area contributed by atoms with Gasteiger partial charge in [-0.1, -0.05) is 12.1 Å². The molecule has 2 amide bonds. The van der Waals surface area contributed by atoms with Gasteiger partial charge in [-0.15, -0.1) is 0 Å². The first-order chi connectivity index (χ1) is 14.4. The number of methoxy groups -OCH3 is 1. The summed E-state index contributed by atoms with van der Waals surface area (Å²) in [6, 6.07) is 11.1. The third kappa shape index (κ3) is 2.45. The predicted octanol–water partition coefficient (Wildman–Crippen LogP) is 3.09. The van der Waals surface area contributed by atoms with E-state index in [0.29, 0.717) is 11.3 Å². The zero-order valence-corrected chi connectivity index (χ0v) is 16.9. The quantitative estimate of drug-likeness (QED) is 0.687. The maximum atomic E-state index is 13.3. The first-order valence-corrected chi connectivity index (χ1v) is 9.68. The minimum atomic E-state index is -0.411. The second kappa shape index (κ2) is 6.38. The summed E-state index contributed by atoms with van der Waals surface area (Å²) in [7, 11) is 3.46. The van der Waals surface area contributed by atoms with Crippen molar-refractivity contribution in [2.75, 3.05) is 19.0 Å². The number of carbonyl (C=O) groups excluding carboxylic acids is 2. The van der Waals surface area contributed by atoms with Crippen LogP contribution in [0.25, 0.3) is 10.9 Å². The molecule has 7 nitrogen and oxygen atoms in total. The number of imide groups is 1. The first kappa shape index (κ1) is 18.3. The maximum Gasteiger partial charge on any atom is 0.259 e. The molecule has 0 fully saturated rings. The lowest BCUT2D eigenvalue weighted by atomic mass is 9.84. The van der Waals surface area contributed by atoms with Crippen molar-refractivity contribution in [1.82, 2.24) is 9.47 Å². The molecule has 0 saturated heterocycles. The van der Waals surface area contributed by atoms with Crippen molar-refractivity contribution in [2.45, 2.75) is 12.8 Å². The van der Waals surface area contributed by atoms with Gasteiger partial charge < -0.3 is 19.7 Å². The van der Waals surface area contributed by atoms with E-state index in [4.69, 9.17) is 4.74 Å². The number of aromatic hydroxyl groups is 1. The third-order valence-corrected chi connectivity index (χ3v) is 5.96. The second-order valence-electron chi connectivity index (χ2n) is 7.69. The third-order valence-electron chi connectivity index (χ3n) is 5.96. The Balaban J connectivity index is 1.81. The van der Waals surface area contributed by atoms with Gasteiger partial charge in [-0.3, -0.25) is 14.5 Å². The van der Waals surface area contributed by atoms with Crippen LogP contribution in [-0.2, 0) is 16.6 Å². The summed E-state index contributed by atoms with van der Waals surface area (Å²) in [5, 5.41) is 14.5. The number of anilines is 1. The van der Waals surface area contributed by atoms with Gasteiger partial charge in [0.2, 0.25) is 5.91 Å². The topological polar surface area (TPSA) is 83.8 Å². The zero-order valence-electron chi connectivity index (χ0n) is 16.9. The number of phenolic OH excluding ortho intramolecular Hbond substituents is 1. The van der Waals surface area contributed by atoms with E-state index < -0.39 is 5.92 Å². The van der Waals surface area contributed by atoms with Gasteiger partial charge in [0.1, 0.15) is 0 Å². The smallest absolute Gasteiger partial charge is 0.259 e. The van der Waals surface area contributed by atoms with E-state index in [9.17, 15) is 14.7 Å². The van der Waals surface area contributed by atoms with Crippen molar-refractivity contribution in [1.29, 1.82) is 0 Å². The molecule has 0 unspecified atom stereocenters. The summed E-state index contributed by atoms with van der Waals surface area (Å²) in [6.45, 7) is 1.61. The fourth-order valence-electron chi connectivity index (χ4n) is 4.59. The summed E-state index contributed by atoms with van der Waals surface area (Å²) >= 11 is 0. The lowest BCUT2D eigenvalue weighted by Crippen LogP contribution is -2.33. The molecule has 3 heterocycles. The minimum absolute atomic E-state index is 0.0314. The molecular weight excluding hydrogens is 382 g/mol. The fourth-order valence-corrected chi connectivity index (χ4v) is 4.59. The molecule has 2 aromatic carbocycles. The predicted molar refractivity (Wildman–Crippen MR) is 112 cm³/mol. The molecule has 0 saturated carbocycles. The van der Waals surface area contributed by atoms with Crippen LogP contribution in [0.1, 0.15) is 24.0 Å². The van der Waals surface area contributed by atoms with Crippen LogP contribution in [0.5, 0.6) is 11.5 Å². The van der Waals surface area contributed by atoms with Crippen molar-refractivity contribution in [3.05, 3.63) is 65.0 Å². The number of nitrogens with one attached hydrogen (secondary N) is 1. The Labute approximate surface area is 173 Å². The van der Waals surface area contributed by atoms with Gasteiger partial charge in [-0.2, -0.15) is 0 Å². The van der Waals surface area contributed by atoms with Crippen molar-refractivity contribution in [3.8, 4) is 11.5 Å². The molecule has 2 N–H and O–H groups in total. The largest absolute Gasteiger partial charge is 0.504 e. The summed E-state index contributed by atoms with van der Waals surface area (Å²) in [5.74, 6) is -0.633. The van der Waals surface area contributed by atoms with Crippen molar-refractivity contribution in [3.63, 3.8) is 0 Å². The number of aryl methyl sites for hydroxylation is 1. The molecule has 1 atom stereocenters. The van der Waals surface area contributed by atoms with Crippen LogP contribution in [0.15, 0.2) is 53.9 Å². The lowest BCUT2D eigenvalue weighted by molar-refractivity contribution is -0.139. The molecule has 2 aliphatic rings. The van der Waals surface area contributed by atoms with Crippen LogP contribution < -0.4 is 10.1 Å². The lowest BCUT2D eigenvalue weighted by Gasteiger charge is -2.20. The number of ether oxygens (including phenoxy) is 1. The number of benzene rings is 2. The highest BCUT2D eigenvalue weighted by atomic mass is 16.5. The molecule has 1 aromatic heterocycles. The number of hydrogen-bond donors (Lipinski definition) is 2. The molecule has 2 aliphatic heterocycles. The van der Waals surface area contributed by atoms with E-state index in [1.807, 2.05) is 36.0 Å². The molecule has 0 bridgehead atoms. The monoisotopic (exact) mass is 403 g/mol. The average Bonchev–Trinajstić information content (AvgIpc) is 3.17. The van der Waals surface area contributed by atoms with Gasteiger partial charge in [0.25, 0.3) is 5.91 Å². The van der Waals surface area contributed by atoms with Gasteiger partial charge >= 0.3 is 0 Å². The molecule has 5 rings (SSSR count). The van der Waals surface area contributed by atoms with Gasteiger partial charge in [0, 0.05) is 42.9 Å². The van der Waals surface area contributed by atoms with E-state index in [2.05, 4.69) is 5.32 Å². The van der Waals surface area contributed by atoms with Crippen LogP contribution in [-0.4, -0.2) is 40.0 Å². The number of carbonyl (C=O) groups is 2. The van der Waals surface area contributed by atoms with Crippen LogP contribution in [0, 0.1) is 0 Å². The van der Waals surface area contributed by atoms with Crippen LogP contribution in [0.2, 0.25) is 0 Å². The van der Waals surface area contributed by atoms with E-state index in [-0.39, 0.29) is 24.1 Å². The number of amides is 2. The Morgan fingerprint density at radius 3 is 2.80 bits per heavy atom. The van der Waals surface area contributed by atoms with Gasteiger partial charge in [-0.05, 0) is 35.4 Å². The van der Waals surface area contributed by atoms with E-state index in [1.165, 1.54) is 18.9 Å². The molecule has 30 heavy (non-hydrogen) atoms. The highest BCUT2D eigenvalue weighted by Gasteiger charge is 2.41. The summed E-state index contributed by atoms with van der Waals surface area (Å²) in [5.41, 5.74) is 4.99. The van der Waals surface area contributed by atoms with Gasteiger partial charge in [0.05, 0.1) is 24.7 Å². The number of phenols is 1. The van der Waals surface area contributed by atoms with E-state index in [1.54, 1.807) is 18.2 Å². The van der Waals surface area contributed by atoms with E-state index >= 15 is 0 Å². The Morgan fingerprint density at radius 2 is 2.07 bits per heavy atom. The van der Waals surface area contributed by atoms with Crippen LogP contribution >= 0.6 is 0 Å². The van der Waals surface area contributed by atoms with Gasteiger partial charge in [-0.25, -0.2) is 0 Å². The van der Waals surface area contributed by atoms with Crippen LogP contribution in [0.3, 0.4) is 0 Å². The average molecular weight is 403 g/mol. The molecule has 0 radical (unpaired) electrons. The zero-order chi connectivity index (χ0) is 21.2. The van der Waals surface area contributed by atoms with Crippen LogP contribution in [0.4, 0.5) is 5.69 Å². The Hall–Kier alpha value is -3.74. The minimum Gasteiger partial charge on any atom is -0.504 e.